The number of nitrogens with zero attached hydrogens (tertiary/aromatic N) is 1. The molecule has 1 heterocycles. The Morgan fingerprint density at radius 2 is 1.80 bits per heavy atom. The first kappa shape index (κ1) is 10.9. The van der Waals surface area contributed by atoms with Crippen molar-refractivity contribution in [1.29, 1.82) is 0 Å². The lowest BCUT2D eigenvalue weighted by Crippen LogP contribution is -2.56. The molecule has 2 aliphatic rings. The fourth-order valence-corrected chi connectivity index (χ4v) is 2.53. The van der Waals surface area contributed by atoms with Gasteiger partial charge in [0.25, 0.3) is 0 Å². The number of hydrogen-bond acceptors (Lipinski definition) is 2. The molecule has 0 aromatic rings. The van der Waals surface area contributed by atoms with Gasteiger partial charge in [0.05, 0.1) is 6.10 Å². The van der Waals surface area contributed by atoms with E-state index in [-0.39, 0.29) is 6.10 Å². The van der Waals surface area contributed by atoms with Gasteiger partial charge in [0, 0.05) is 26.1 Å². The zero-order valence-corrected chi connectivity index (χ0v) is 9.74. The summed E-state index contributed by atoms with van der Waals surface area (Å²) in [7, 11) is 1.72. The van der Waals surface area contributed by atoms with Crippen molar-refractivity contribution in [3.63, 3.8) is 0 Å². The van der Waals surface area contributed by atoms with Crippen molar-refractivity contribution in [2.24, 2.45) is 11.8 Å². The summed E-state index contributed by atoms with van der Waals surface area (Å²) in [5, 5.41) is 0. The Bertz CT molecular complexity index is 228. The lowest BCUT2D eigenvalue weighted by molar-refractivity contribution is -0.148. The van der Waals surface area contributed by atoms with E-state index in [0.29, 0.717) is 11.8 Å². The van der Waals surface area contributed by atoms with Gasteiger partial charge in [-0.1, -0.05) is 6.92 Å². The molecule has 86 valence electrons. The number of hydrogen-bond donors (Lipinski definition) is 0. The maximum atomic E-state index is 12.0. The van der Waals surface area contributed by atoms with Crippen LogP contribution >= 0.6 is 0 Å². The molecular weight excluding hydrogens is 190 g/mol. The molecule has 1 amide bonds. The molecule has 0 aromatic carbocycles. The third-order valence-corrected chi connectivity index (χ3v) is 3.86. The molecular formula is C12H21NO2. The zero-order valence-electron chi connectivity index (χ0n) is 9.74. The van der Waals surface area contributed by atoms with E-state index >= 15 is 0 Å². The van der Waals surface area contributed by atoms with E-state index in [1.54, 1.807) is 7.11 Å². The molecule has 0 N–H and O–H groups in total. The Morgan fingerprint density at radius 3 is 2.33 bits per heavy atom. The number of carbonyl (C=O) groups is 1. The Hall–Kier alpha value is -0.570. The average molecular weight is 211 g/mol. The number of rotatable bonds is 2. The van der Waals surface area contributed by atoms with Gasteiger partial charge in [-0.25, -0.2) is 0 Å². The fourth-order valence-electron chi connectivity index (χ4n) is 2.53. The predicted molar refractivity (Wildman–Crippen MR) is 58.5 cm³/mol. The molecule has 1 aliphatic carbocycles. The van der Waals surface area contributed by atoms with Gasteiger partial charge in [-0.15, -0.1) is 0 Å². The van der Waals surface area contributed by atoms with Gasteiger partial charge in [0.1, 0.15) is 0 Å². The summed E-state index contributed by atoms with van der Waals surface area (Å²) in [5.41, 5.74) is 0. The van der Waals surface area contributed by atoms with Crippen LogP contribution in [0.15, 0.2) is 0 Å². The first-order valence-corrected chi connectivity index (χ1v) is 6.02. The van der Waals surface area contributed by atoms with Crippen LogP contribution in [-0.4, -0.2) is 37.1 Å². The maximum Gasteiger partial charge on any atom is 0.225 e. The van der Waals surface area contributed by atoms with Crippen molar-refractivity contribution in [1.82, 2.24) is 4.90 Å². The largest absolute Gasteiger partial charge is 0.378 e. The van der Waals surface area contributed by atoms with Crippen molar-refractivity contribution in [2.75, 3.05) is 20.2 Å². The molecule has 2 fully saturated rings. The average Bonchev–Trinajstić information content (AvgIpc) is 2.17. The number of methoxy groups -OCH3 is 1. The van der Waals surface area contributed by atoms with Crippen LogP contribution in [0.3, 0.4) is 0 Å². The van der Waals surface area contributed by atoms with E-state index in [4.69, 9.17) is 4.74 Å². The molecule has 0 unspecified atom stereocenters. The number of ether oxygens (including phenoxy) is 1. The molecule has 0 atom stereocenters. The van der Waals surface area contributed by atoms with E-state index in [1.165, 1.54) is 12.8 Å². The highest BCUT2D eigenvalue weighted by Gasteiger charge is 2.35. The highest BCUT2D eigenvalue weighted by molar-refractivity contribution is 5.79. The molecule has 3 nitrogen and oxygen atoms in total. The number of likely N-dealkylation sites (tertiary alicyclic amines) is 1. The molecule has 2 rings (SSSR count). The van der Waals surface area contributed by atoms with Crippen LogP contribution in [0.2, 0.25) is 0 Å². The maximum absolute atomic E-state index is 12.0. The summed E-state index contributed by atoms with van der Waals surface area (Å²) in [5.74, 6) is 1.49. The Balaban J connectivity index is 1.77. The minimum Gasteiger partial charge on any atom is -0.378 e. The highest BCUT2D eigenvalue weighted by atomic mass is 16.5. The van der Waals surface area contributed by atoms with Gasteiger partial charge in [-0.05, 0) is 31.6 Å². The standard InChI is InChI=1S/C12H21NO2/c1-9-3-5-10(6-4-9)12(14)13-7-11(8-13)15-2/h9-11H,3-8H2,1-2H3. The van der Waals surface area contributed by atoms with Gasteiger partial charge in [0.15, 0.2) is 0 Å². The monoisotopic (exact) mass is 211 g/mol. The lowest BCUT2D eigenvalue weighted by Gasteiger charge is -2.41. The zero-order chi connectivity index (χ0) is 10.8. The molecule has 0 aromatic heterocycles. The molecule has 0 bridgehead atoms. The van der Waals surface area contributed by atoms with E-state index in [9.17, 15) is 4.79 Å². The lowest BCUT2D eigenvalue weighted by atomic mass is 9.82. The van der Waals surface area contributed by atoms with Crippen LogP contribution in [0.1, 0.15) is 32.6 Å². The SMILES string of the molecule is COC1CN(C(=O)C2CCC(C)CC2)C1. The Kier molecular flexibility index (Phi) is 3.29. The summed E-state index contributed by atoms with van der Waals surface area (Å²) in [4.78, 5) is 14.0. The minimum atomic E-state index is 0.288. The molecule has 1 saturated heterocycles. The first-order valence-electron chi connectivity index (χ1n) is 6.02. The van der Waals surface area contributed by atoms with Gasteiger partial charge < -0.3 is 9.64 Å². The fraction of sp³-hybridized carbons (Fsp3) is 0.917. The van der Waals surface area contributed by atoms with E-state index in [2.05, 4.69) is 6.92 Å². The van der Waals surface area contributed by atoms with Crippen LogP contribution in [-0.2, 0) is 9.53 Å². The number of carbonyl (C=O) groups excluding carboxylic acids is 1. The second-order valence-electron chi connectivity index (χ2n) is 5.06. The van der Waals surface area contributed by atoms with E-state index < -0.39 is 0 Å². The molecule has 3 heteroatoms. The van der Waals surface area contributed by atoms with Crippen molar-refractivity contribution in [3.05, 3.63) is 0 Å². The van der Waals surface area contributed by atoms with Gasteiger partial charge in [0.2, 0.25) is 5.91 Å². The molecule has 0 spiro atoms. The molecule has 1 aliphatic heterocycles. The third-order valence-electron chi connectivity index (χ3n) is 3.86. The second kappa shape index (κ2) is 4.52. The van der Waals surface area contributed by atoms with Crippen molar-refractivity contribution >= 4 is 5.91 Å². The minimum absolute atomic E-state index is 0.288. The Labute approximate surface area is 91.8 Å². The summed E-state index contributed by atoms with van der Waals surface area (Å²) >= 11 is 0. The normalized spacial score (nSPS) is 32.5. The van der Waals surface area contributed by atoms with Crippen LogP contribution in [0.25, 0.3) is 0 Å². The molecule has 1 saturated carbocycles. The summed E-state index contributed by atoms with van der Waals surface area (Å²) in [6.45, 7) is 3.90. The van der Waals surface area contributed by atoms with Crippen molar-refractivity contribution in [2.45, 2.75) is 38.7 Å². The Morgan fingerprint density at radius 1 is 1.20 bits per heavy atom. The summed E-state index contributed by atoms with van der Waals surface area (Å²) in [6.07, 6.45) is 4.91. The topological polar surface area (TPSA) is 29.5 Å². The van der Waals surface area contributed by atoms with Gasteiger partial charge >= 0.3 is 0 Å². The van der Waals surface area contributed by atoms with Crippen LogP contribution in [0, 0.1) is 11.8 Å². The van der Waals surface area contributed by atoms with Crippen LogP contribution < -0.4 is 0 Å². The first-order chi connectivity index (χ1) is 7.20. The predicted octanol–water partition coefficient (Wildman–Crippen LogP) is 1.67. The third kappa shape index (κ3) is 2.33. The van der Waals surface area contributed by atoms with Crippen molar-refractivity contribution < 1.29 is 9.53 Å². The number of amides is 1. The second-order valence-corrected chi connectivity index (χ2v) is 5.06. The van der Waals surface area contributed by atoms with Crippen LogP contribution in [0.4, 0.5) is 0 Å². The quantitative estimate of drug-likeness (QED) is 0.695. The summed E-state index contributed by atoms with van der Waals surface area (Å²) in [6, 6.07) is 0. The van der Waals surface area contributed by atoms with Gasteiger partial charge in [-0.2, -0.15) is 0 Å². The highest BCUT2D eigenvalue weighted by Crippen LogP contribution is 2.30. The van der Waals surface area contributed by atoms with E-state index in [1.807, 2.05) is 4.90 Å². The molecule has 15 heavy (non-hydrogen) atoms. The van der Waals surface area contributed by atoms with Gasteiger partial charge in [-0.3, -0.25) is 4.79 Å². The smallest absolute Gasteiger partial charge is 0.225 e. The van der Waals surface area contributed by atoms with Crippen molar-refractivity contribution in [3.8, 4) is 0 Å². The molecule has 0 radical (unpaired) electrons. The summed E-state index contributed by atoms with van der Waals surface area (Å²) < 4.78 is 5.18. The van der Waals surface area contributed by atoms with Crippen LogP contribution in [0.5, 0.6) is 0 Å². The van der Waals surface area contributed by atoms with E-state index in [0.717, 1.165) is 31.8 Å².